The summed E-state index contributed by atoms with van der Waals surface area (Å²) in [4.78, 5) is 26.0. The van der Waals surface area contributed by atoms with Gasteiger partial charge in [0.15, 0.2) is 0 Å². The number of carbonyl (C=O) groups excluding carboxylic acids is 1. The number of nitrogens with zero attached hydrogens (tertiary/aromatic N) is 2. The van der Waals surface area contributed by atoms with Gasteiger partial charge in [-0.1, -0.05) is 11.6 Å². The summed E-state index contributed by atoms with van der Waals surface area (Å²) in [6.45, 7) is -0.258. The average Bonchev–Trinajstić information content (AvgIpc) is 2.47. The van der Waals surface area contributed by atoms with E-state index in [0.29, 0.717) is 11.3 Å². The molecule has 0 spiro atoms. The molecule has 0 unspecified atom stereocenters. The van der Waals surface area contributed by atoms with Crippen LogP contribution in [0.4, 0.5) is 11.4 Å². The van der Waals surface area contributed by atoms with Gasteiger partial charge in [-0.15, -0.1) is 0 Å². The molecule has 0 fully saturated rings. The Morgan fingerprint density at radius 1 is 1.43 bits per heavy atom. The van der Waals surface area contributed by atoms with Crippen LogP contribution in [0.1, 0.15) is 15.9 Å². The van der Waals surface area contributed by atoms with E-state index in [2.05, 4.69) is 10.3 Å². The minimum absolute atomic E-state index is 0.0314. The van der Waals surface area contributed by atoms with E-state index in [-0.39, 0.29) is 22.9 Å². The van der Waals surface area contributed by atoms with Crippen molar-refractivity contribution in [3.63, 3.8) is 0 Å². The first-order chi connectivity index (χ1) is 10.0. The van der Waals surface area contributed by atoms with Crippen LogP contribution < -0.4 is 5.32 Å². The molecule has 1 aromatic heterocycles. The fourth-order valence-electron chi connectivity index (χ4n) is 1.67. The number of hydrogen-bond acceptors (Lipinski definition) is 5. The van der Waals surface area contributed by atoms with E-state index >= 15 is 0 Å². The second-order valence-electron chi connectivity index (χ2n) is 4.07. The van der Waals surface area contributed by atoms with Gasteiger partial charge in [0, 0.05) is 23.9 Å². The predicted molar refractivity (Wildman–Crippen MR) is 76.2 cm³/mol. The van der Waals surface area contributed by atoms with Gasteiger partial charge in [0.25, 0.3) is 11.6 Å². The van der Waals surface area contributed by atoms with Crippen LogP contribution in [0.25, 0.3) is 0 Å². The standard InChI is InChI=1S/C13H10ClN3O4/c14-11-5-9(17(20)21)1-2-10(11)13(19)16-12-6-15-4-3-8(12)7-18/h1-6,18H,7H2,(H,16,19). The quantitative estimate of drug-likeness (QED) is 0.666. The maximum atomic E-state index is 12.1. The van der Waals surface area contributed by atoms with Gasteiger partial charge in [0.2, 0.25) is 0 Å². The summed E-state index contributed by atoms with van der Waals surface area (Å²) in [7, 11) is 0. The lowest BCUT2D eigenvalue weighted by molar-refractivity contribution is -0.384. The second-order valence-corrected chi connectivity index (χ2v) is 4.47. The molecule has 0 atom stereocenters. The number of carbonyl (C=O) groups is 1. The molecule has 2 aromatic rings. The molecular weight excluding hydrogens is 298 g/mol. The molecule has 0 aliphatic heterocycles. The van der Waals surface area contributed by atoms with Crippen molar-refractivity contribution >= 4 is 28.9 Å². The number of aliphatic hydroxyl groups is 1. The summed E-state index contributed by atoms with van der Waals surface area (Å²) in [5, 5.41) is 22.3. The third kappa shape index (κ3) is 3.33. The van der Waals surface area contributed by atoms with Crippen LogP contribution >= 0.6 is 11.6 Å². The van der Waals surface area contributed by atoms with Gasteiger partial charge >= 0.3 is 0 Å². The first-order valence-corrected chi connectivity index (χ1v) is 6.19. The maximum absolute atomic E-state index is 12.1. The van der Waals surface area contributed by atoms with Gasteiger partial charge in [-0.05, 0) is 12.1 Å². The predicted octanol–water partition coefficient (Wildman–Crippen LogP) is 2.39. The third-order valence-corrected chi connectivity index (χ3v) is 3.05. The summed E-state index contributed by atoms with van der Waals surface area (Å²) in [6.07, 6.45) is 2.88. The number of pyridine rings is 1. The molecule has 1 heterocycles. The molecule has 21 heavy (non-hydrogen) atoms. The number of nitrogens with one attached hydrogen (secondary N) is 1. The van der Waals surface area contributed by atoms with Crippen molar-refractivity contribution in [2.75, 3.05) is 5.32 Å². The van der Waals surface area contributed by atoms with Crippen molar-refractivity contribution in [2.45, 2.75) is 6.61 Å². The Morgan fingerprint density at radius 3 is 2.81 bits per heavy atom. The molecule has 0 radical (unpaired) electrons. The molecule has 1 amide bonds. The molecule has 8 heteroatoms. The average molecular weight is 308 g/mol. The summed E-state index contributed by atoms with van der Waals surface area (Å²) >= 11 is 5.88. The molecule has 0 aliphatic rings. The van der Waals surface area contributed by atoms with Crippen LogP contribution in [0.5, 0.6) is 0 Å². The molecule has 0 bridgehead atoms. The van der Waals surface area contributed by atoms with Crippen LogP contribution in [0.2, 0.25) is 5.02 Å². The van der Waals surface area contributed by atoms with E-state index in [9.17, 15) is 20.0 Å². The van der Waals surface area contributed by atoms with Crippen LogP contribution in [-0.2, 0) is 6.61 Å². The molecule has 0 saturated heterocycles. The lowest BCUT2D eigenvalue weighted by atomic mass is 10.1. The number of aliphatic hydroxyl groups excluding tert-OH is 1. The van der Waals surface area contributed by atoms with Crippen LogP contribution in [0.15, 0.2) is 36.7 Å². The number of amides is 1. The van der Waals surface area contributed by atoms with E-state index in [1.807, 2.05) is 0 Å². The van der Waals surface area contributed by atoms with E-state index < -0.39 is 10.8 Å². The largest absolute Gasteiger partial charge is 0.392 e. The van der Waals surface area contributed by atoms with Gasteiger partial charge in [0.05, 0.1) is 34.0 Å². The molecule has 0 aliphatic carbocycles. The smallest absolute Gasteiger partial charge is 0.270 e. The lowest BCUT2D eigenvalue weighted by Crippen LogP contribution is -2.14. The van der Waals surface area contributed by atoms with E-state index in [1.54, 1.807) is 6.07 Å². The number of non-ortho nitro benzene ring substituents is 1. The number of nitro benzene ring substituents is 1. The number of halogens is 1. The molecule has 1 aromatic carbocycles. The Morgan fingerprint density at radius 2 is 2.19 bits per heavy atom. The lowest BCUT2D eigenvalue weighted by Gasteiger charge is -2.09. The Kier molecular flexibility index (Phi) is 4.46. The minimum atomic E-state index is -0.599. The van der Waals surface area contributed by atoms with Crippen molar-refractivity contribution in [1.29, 1.82) is 0 Å². The van der Waals surface area contributed by atoms with Crippen molar-refractivity contribution in [3.8, 4) is 0 Å². The monoisotopic (exact) mass is 307 g/mol. The Balaban J connectivity index is 2.26. The first-order valence-electron chi connectivity index (χ1n) is 5.82. The number of rotatable bonds is 4. The van der Waals surface area contributed by atoms with E-state index in [0.717, 1.165) is 6.07 Å². The van der Waals surface area contributed by atoms with Crippen molar-refractivity contribution in [3.05, 3.63) is 62.9 Å². The molecule has 0 saturated carbocycles. The number of benzene rings is 1. The molecule has 2 rings (SSSR count). The fourth-order valence-corrected chi connectivity index (χ4v) is 1.93. The fraction of sp³-hybridized carbons (Fsp3) is 0.0769. The first kappa shape index (κ1) is 14.9. The SMILES string of the molecule is O=C(Nc1cnccc1CO)c1ccc([N+](=O)[O-])cc1Cl. The summed E-state index contributed by atoms with van der Waals surface area (Å²) in [6, 6.07) is 5.13. The zero-order valence-corrected chi connectivity index (χ0v) is 11.4. The zero-order chi connectivity index (χ0) is 15.4. The zero-order valence-electron chi connectivity index (χ0n) is 10.6. The number of hydrogen-bond donors (Lipinski definition) is 2. The van der Waals surface area contributed by atoms with Crippen LogP contribution in [-0.4, -0.2) is 20.9 Å². The summed E-state index contributed by atoms with van der Waals surface area (Å²) in [5.74, 6) is -0.544. The number of anilines is 1. The minimum Gasteiger partial charge on any atom is -0.392 e. The Hall–Kier alpha value is -2.51. The van der Waals surface area contributed by atoms with Crippen LogP contribution in [0, 0.1) is 10.1 Å². The van der Waals surface area contributed by atoms with E-state index in [1.165, 1.54) is 24.5 Å². The Labute approximate surface area is 124 Å². The van der Waals surface area contributed by atoms with Gasteiger partial charge < -0.3 is 10.4 Å². The third-order valence-electron chi connectivity index (χ3n) is 2.74. The van der Waals surface area contributed by atoms with Gasteiger partial charge in [-0.25, -0.2) is 0 Å². The van der Waals surface area contributed by atoms with Gasteiger partial charge in [-0.3, -0.25) is 19.9 Å². The van der Waals surface area contributed by atoms with Crippen molar-refractivity contribution < 1.29 is 14.8 Å². The number of aromatic nitrogens is 1. The normalized spacial score (nSPS) is 10.2. The van der Waals surface area contributed by atoms with Crippen molar-refractivity contribution in [2.24, 2.45) is 0 Å². The molecular formula is C13H10ClN3O4. The molecule has 2 N–H and O–H groups in total. The van der Waals surface area contributed by atoms with E-state index in [4.69, 9.17) is 11.6 Å². The topological polar surface area (TPSA) is 105 Å². The van der Waals surface area contributed by atoms with Gasteiger partial charge in [0.1, 0.15) is 0 Å². The van der Waals surface area contributed by atoms with Gasteiger partial charge in [-0.2, -0.15) is 0 Å². The molecule has 7 nitrogen and oxygen atoms in total. The Bertz CT molecular complexity index is 706. The highest BCUT2D eigenvalue weighted by molar-refractivity contribution is 6.34. The highest BCUT2D eigenvalue weighted by Gasteiger charge is 2.16. The number of nitro groups is 1. The second kappa shape index (κ2) is 6.29. The maximum Gasteiger partial charge on any atom is 0.270 e. The molecule has 108 valence electrons. The summed E-state index contributed by atoms with van der Waals surface area (Å²) < 4.78 is 0. The highest BCUT2D eigenvalue weighted by atomic mass is 35.5. The van der Waals surface area contributed by atoms with Crippen LogP contribution in [0.3, 0.4) is 0 Å². The highest BCUT2D eigenvalue weighted by Crippen LogP contribution is 2.24. The summed E-state index contributed by atoms with van der Waals surface area (Å²) in [5.41, 5.74) is 0.736. The van der Waals surface area contributed by atoms with Crippen molar-refractivity contribution in [1.82, 2.24) is 4.98 Å².